The first kappa shape index (κ1) is 19.8. The maximum Gasteiger partial charge on any atom is 0.185 e. The zero-order chi connectivity index (χ0) is 16.6. The quantitative estimate of drug-likeness (QED) is 0.667. The SMILES string of the molecule is CC1=NC2C([C-]=N1)N=CN2C1O[C@H](COCC(C)(C)C)C=C1F.[Y]. The molecule has 129 valence electrons. The molecule has 3 unspecified atom stereocenters. The van der Waals surface area contributed by atoms with E-state index in [1.807, 2.05) is 0 Å². The maximum atomic E-state index is 14.3. The summed E-state index contributed by atoms with van der Waals surface area (Å²) < 4.78 is 25.7. The van der Waals surface area contributed by atoms with Crippen molar-refractivity contribution in [2.24, 2.45) is 20.4 Å². The number of hydrogen-bond acceptors (Lipinski definition) is 6. The molecule has 0 amide bonds. The molecule has 3 rings (SSSR count). The first-order valence-corrected chi connectivity index (χ1v) is 7.75. The zero-order valence-corrected chi connectivity index (χ0v) is 17.3. The van der Waals surface area contributed by atoms with E-state index in [1.165, 1.54) is 6.08 Å². The number of ether oxygens (including phenoxy) is 2. The second-order valence-corrected chi connectivity index (χ2v) is 7.14. The molecule has 0 bridgehead atoms. The molecule has 0 aliphatic carbocycles. The minimum Gasteiger partial charge on any atom is -0.442 e. The van der Waals surface area contributed by atoms with Crippen LogP contribution >= 0.6 is 0 Å². The van der Waals surface area contributed by atoms with E-state index in [-0.39, 0.29) is 56.2 Å². The number of halogens is 1. The molecular weight excluding hydrogens is 388 g/mol. The zero-order valence-electron chi connectivity index (χ0n) is 14.4. The normalized spacial score (nSPS) is 31.6. The summed E-state index contributed by atoms with van der Waals surface area (Å²) in [6.45, 7) is 8.97. The van der Waals surface area contributed by atoms with Gasteiger partial charge in [-0.15, -0.1) is 6.21 Å². The van der Waals surface area contributed by atoms with Crippen molar-refractivity contribution in [3.8, 4) is 0 Å². The largest absolute Gasteiger partial charge is 0.442 e. The van der Waals surface area contributed by atoms with Crippen LogP contribution in [0.4, 0.5) is 4.39 Å². The molecule has 0 aromatic heterocycles. The molecule has 0 N–H and O–H groups in total. The first-order chi connectivity index (χ1) is 10.8. The number of amidine groups is 1. The van der Waals surface area contributed by atoms with E-state index in [4.69, 9.17) is 9.47 Å². The molecule has 0 aromatic carbocycles. The fraction of sp³-hybridized carbons (Fsp3) is 0.688. The average Bonchev–Trinajstić information content (AvgIpc) is 3.00. The van der Waals surface area contributed by atoms with Gasteiger partial charge < -0.3 is 24.4 Å². The van der Waals surface area contributed by atoms with Crippen LogP contribution in [-0.2, 0) is 42.2 Å². The third-order valence-corrected chi connectivity index (χ3v) is 3.60. The molecule has 0 aromatic rings. The fourth-order valence-corrected chi connectivity index (χ4v) is 2.58. The van der Waals surface area contributed by atoms with E-state index in [2.05, 4.69) is 42.0 Å². The van der Waals surface area contributed by atoms with Gasteiger partial charge in [-0.05, 0) is 17.3 Å². The molecular formula is C16H22FN4O2Y-. The van der Waals surface area contributed by atoms with Crippen LogP contribution in [0, 0.1) is 5.41 Å². The molecule has 0 fully saturated rings. The maximum absolute atomic E-state index is 14.3. The number of hydrogen-bond donors (Lipinski definition) is 0. The van der Waals surface area contributed by atoms with Gasteiger partial charge in [0, 0.05) is 32.7 Å². The van der Waals surface area contributed by atoms with Crippen LogP contribution < -0.4 is 0 Å². The van der Waals surface area contributed by atoms with Crippen molar-refractivity contribution in [3.05, 3.63) is 11.9 Å². The van der Waals surface area contributed by atoms with Gasteiger partial charge in [-0.25, -0.2) is 4.39 Å². The standard InChI is InChI=1S/C16H22FN4O2.Y/c1-10-18-6-13-14(20-10)21(9-19-13)15-12(17)5-11(23-15)7-22-8-16(2,3)4;/h5,9,11,13-15H,7-8H2,1-4H3;/q-1;/t11-,13?,14?,15?;/m0./s1. The molecule has 3 aliphatic heterocycles. The Balaban J connectivity index is 0.00000208. The van der Waals surface area contributed by atoms with Gasteiger partial charge >= 0.3 is 0 Å². The van der Waals surface area contributed by atoms with E-state index in [0.29, 0.717) is 19.0 Å². The topological polar surface area (TPSA) is 58.8 Å². The van der Waals surface area contributed by atoms with Crippen molar-refractivity contribution in [1.82, 2.24) is 4.90 Å². The number of fused-ring (bicyclic) bond motifs is 1. The predicted molar refractivity (Wildman–Crippen MR) is 86.6 cm³/mol. The number of aliphatic imine (C=N–C) groups is 3. The second kappa shape index (κ2) is 7.81. The van der Waals surface area contributed by atoms with Crippen LogP contribution in [0.1, 0.15) is 27.7 Å². The minimum absolute atomic E-state index is 0. The van der Waals surface area contributed by atoms with Crippen LogP contribution in [0.25, 0.3) is 0 Å². The molecule has 6 nitrogen and oxygen atoms in total. The molecule has 0 saturated carbocycles. The van der Waals surface area contributed by atoms with Crippen LogP contribution in [0.3, 0.4) is 0 Å². The second-order valence-electron chi connectivity index (χ2n) is 7.14. The fourth-order valence-electron chi connectivity index (χ4n) is 2.58. The van der Waals surface area contributed by atoms with Crippen molar-refractivity contribution in [1.29, 1.82) is 0 Å². The summed E-state index contributed by atoms with van der Waals surface area (Å²) in [6, 6.07) is -0.300. The summed E-state index contributed by atoms with van der Waals surface area (Å²) in [5.74, 6) is 0.269. The molecule has 1 radical (unpaired) electrons. The van der Waals surface area contributed by atoms with Crippen LogP contribution in [0.5, 0.6) is 0 Å². The summed E-state index contributed by atoms with van der Waals surface area (Å²) in [5, 5.41) is 0. The van der Waals surface area contributed by atoms with Crippen molar-refractivity contribution >= 4 is 18.4 Å². The van der Waals surface area contributed by atoms with Gasteiger partial charge in [-0.1, -0.05) is 27.7 Å². The van der Waals surface area contributed by atoms with Gasteiger partial charge in [-0.2, -0.15) is 0 Å². The van der Waals surface area contributed by atoms with E-state index in [9.17, 15) is 4.39 Å². The average molecular weight is 410 g/mol. The smallest absolute Gasteiger partial charge is 0.185 e. The van der Waals surface area contributed by atoms with Gasteiger partial charge in [0.05, 0.1) is 25.6 Å². The van der Waals surface area contributed by atoms with E-state index >= 15 is 0 Å². The van der Waals surface area contributed by atoms with Gasteiger partial charge in [0.2, 0.25) is 0 Å². The number of nitrogens with zero attached hydrogens (tertiary/aromatic N) is 4. The summed E-state index contributed by atoms with van der Waals surface area (Å²) >= 11 is 0. The van der Waals surface area contributed by atoms with Gasteiger partial charge in [-0.3, -0.25) is 4.99 Å². The van der Waals surface area contributed by atoms with Crippen molar-refractivity contribution < 1.29 is 46.6 Å². The van der Waals surface area contributed by atoms with E-state index < -0.39 is 12.3 Å². The monoisotopic (exact) mass is 410 g/mol. The van der Waals surface area contributed by atoms with Crippen molar-refractivity contribution in [3.63, 3.8) is 0 Å². The molecule has 0 saturated heterocycles. The Bertz CT molecular complexity index is 585. The molecule has 4 atom stereocenters. The Morgan fingerprint density at radius 3 is 2.88 bits per heavy atom. The van der Waals surface area contributed by atoms with Crippen LogP contribution in [0.15, 0.2) is 26.9 Å². The summed E-state index contributed by atoms with van der Waals surface area (Å²) in [7, 11) is 0. The van der Waals surface area contributed by atoms with E-state index in [0.717, 1.165) is 0 Å². The van der Waals surface area contributed by atoms with Crippen molar-refractivity contribution in [2.45, 2.75) is 52.2 Å². The van der Waals surface area contributed by atoms with Crippen molar-refractivity contribution in [2.75, 3.05) is 13.2 Å². The van der Waals surface area contributed by atoms with Crippen LogP contribution in [-0.4, -0.2) is 61.0 Å². The Morgan fingerprint density at radius 1 is 1.42 bits per heavy atom. The summed E-state index contributed by atoms with van der Waals surface area (Å²) in [5.41, 5.74) is 0.0681. The third-order valence-electron chi connectivity index (χ3n) is 3.60. The van der Waals surface area contributed by atoms with Crippen LogP contribution in [0.2, 0.25) is 0 Å². The Kier molecular flexibility index (Phi) is 6.45. The molecule has 8 heteroatoms. The summed E-state index contributed by atoms with van der Waals surface area (Å²) in [6.07, 6.45) is 4.37. The Hall–Kier alpha value is -0.496. The van der Waals surface area contributed by atoms with Gasteiger partial charge in [0.25, 0.3) is 0 Å². The summed E-state index contributed by atoms with van der Waals surface area (Å²) in [4.78, 5) is 14.4. The minimum atomic E-state index is -0.812. The van der Waals surface area contributed by atoms with Gasteiger partial charge in [0.15, 0.2) is 6.23 Å². The third kappa shape index (κ3) is 4.56. The molecule has 3 heterocycles. The molecule has 24 heavy (non-hydrogen) atoms. The molecule has 0 spiro atoms. The van der Waals surface area contributed by atoms with Gasteiger partial charge in [0.1, 0.15) is 18.1 Å². The predicted octanol–water partition coefficient (Wildman–Crippen LogP) is 2.04. The van der Waals surface area contributed by atoms with E-state index in [1.54, 1.807) is 18.2 Å². The Labute approximate surface area is 167 Å². The first-order valence-electron chi connectivity index (χ1n) is 7.75. The molecule has 3 aliphatic rings. The Morgan fingerprint density at radius 2 is 2.17 bits per heavy atom. The number of rotatable bonds is 4.